The predicted octanol–water partition coefficient (Wildman–Crippen LogP) is 0.736. The summed E-state index contributed by atoms with van der Waals surface area (Å²) in [6.07, 6.45) is 3.88. The molecule has 0 amide bonds. The number of hydrogen-bond donors (Lipinski definition) is 1. The van der Waals surface area contributed by atoms with Gasteiger partial charge in [-0.15, -0.1) is 0 Å². The predicted molar refractivity (Wildman–Crippen MR) is 72.1 cm³/mol. The van der Waals surface area contributed by atoms with Gasteiger partial charge < -0.3 is 5.11 Å². The van der Waals surface area contributed by atoms with Gasteiger partial charge in [0.2, 0.25) is 10.0 Å². The van der Waals surface area contributed by atoms with E-state index in [4.69, 9.17) is 5.26 Å². The smallest absolute Gasteiger partial charge is 0.245 e. The quantitative estimate of drug-likeness (QED) is 0.887. The molecule has 2 rings (SSSR count). The normalized spacial score (nSPS) is 21.1. The van der Waals surface area contributed by atoms with Crippen LogP contribution in [0.25, 0.3) is 0 Å². The van der Waals surface area contributed by atoms with Gasteiger partial charge in [0, 0.05) is 25.9 Å². The molecule has 1 atom stereocenters. The molecule has 108 valence electrons. The number of aliphatic hydroxyl groups is 1. The summed E-state index contributed by atoms with van der Waals surface area (Å²) in [6, 6.07) is 4.73. The molecule has 1 fully saturated rings. The minimum Gasteiger partial charge on any atom is -0.396 e. The summed E-state index contributed by atoms with van der Waals surface area (Å²) in [5, 5.41) is 18.3. The maximum absolute atomic E-state index is 12.6. The van der Waals surface area contributed by atoms with Crippen molar-refractivity contribution in [2.24, 2.45) is 5.92 Å². The first-order valence-electron chi connectivity index (χ1n) is 6.55. The Balaban J connectivity index is 2.36. The summed E-state index contributed by atoms with van der Waals surface area (Å²) >= 11 is 0. The lowest BCUT2D eigenvalue weighted by Crippen LogP contribution is -2.36. The minimum absolute atomic E-state index is 0.0236. The Morgan fingerprint density at radius 2 is 2.30 bits per heavy atom. The molecular formula is C13H17N3O3S. The average Bonchev–Trinajstić information content (AvgIpc) is 2.73. The van der Waals surface area contributed by atoms with Crippen LogP contribution in [0.1, 0.15) is 25.0 Å². The van der Waals surface area contributed by atoms with Crippen LogP contribution in [0.4, 0.5) is 0 Å². The summed E-state index contributed by atoms with van der Waals surface area (Å²) in [7, 11) is -3.73. The molecule has 20 heavy (non-hydrogen) atoms. The zero-order valence-electron chi connectivity index (χ0n) is 11.1. The lowest BCUT2D eigenvalue weighted by molar-refractivity contribution is 0.204. The SMILES string of the molecule is N#Cc1ncccc1S(=O)(=O)N1CCCCC(CO)C1. The van der Waals surface area contributed by atoms with Crippen LogP contribution in [0.15, 0.2) is 23.2 Å². The van der Waals surface area contributed by atoms with Gasteiger partial charge in [-0.1, -0.05) is 6.42 Å². The van der Waals surface area contributed by atoms with E-state index in [1.165, 1.54) is 22.6 Å². The lowest BCUT2D eigenvalue weighted by Gasteiger charge is -2.23. The summed E-state index contributed by atoms with van der Waals surface area (Å²) in [4.78, 5) is 3.75. The fourth-order valence-corrected chi connectivity index (χ4v) is 4.03. The maximum atomic E-state index is 12.6. The van der Waals surface area contributed by atoms with Gasteiger partial charge in [0.25, 0.3) is 0 Å². The lowest BCUT2D eigenvalue weighted by atomic mass is 10.1. The van der Waals surface area contributed by atoms with E-state index >= 15 is 0 Å². The highest BCUT2D eigenvalue weighted by Crippen LogP contribution is 2.24. The summed E-state index contributed by atoms with van der Waals surface area (Å²) in [5.74, 6) is -0.0468. The second-order valence-corrected chi connectivity index (χ2v) is 6.78. The molecule has 1 aromatic rings. The molecule has 0 aromatic carbocycles. The molecule has 1 saturated heterocycles. The Morgan fingerprint density at radius 1 is 1.50 bits per heavy atom. The number of nitrogens with zero attached hydrogens (tertiary/aromatic N) is 3. The standard InChI is InChI=1S/C13H17N3O3S/c14-8-12-13(5-3-6-15-12)20(18,19)16-7-2-1-4-11(9-16)10-17/h3,5-6,11,17H,1-2,4,7,9-10H2. The van der Waals surface area contributed by atoms with Crippen LogP contribution in [-0.2, 0) is 10.0 Å². The van der Waals surface area contributed by atoms with Crippen LogP contribution in [0.5, 0.6) is 0 Å². The van der Waals surface area contributed by atoms with Gasteiger partial charge >= 0.3 is 0 Å². The number of aromatic nitrogens is 1. The van der Waals surface area contributed by atoms with Crippen molar-refractivity contribution < 1.29 is 13.5 Å². The van der Waals surface area contributed by atoms with Gasteiger partial charge in [-0.05, 0) is 30.9 Å². The van der Waals surface area contributed by atoms with Crippen molar-refractivity contribution in [3.8, 4) is 6.07 Å². The third-order valence-electron chi connectivity index (χ3n) is 3.48. The summed E-state index contributed by atoms with van der Waals surface area (Å²) in [6.45, 7) is 0.682. The van der Waals surface area contributed by atoms with E-state index in [9.17, 15) is 13.5 Å². The first-order valence-corrected chi connectivity index (χ1v) is 7.99. The third kappa shape index (κ3) is 2.98. The molecular weight excluding hydrogens is 278 g/mol. The Morgan fingerprint density at radius 3 is 3.00 bits per heavy atom. The number of hydrogen-bond acceptors (Lipinski definition) is 5. The minimum atomic E-state index is -3.73. The van der Waals surface area contributed by atoms with E-state index in [0.717, 1.165) is 19.3 Å². The first kappa shape index (κ1) is 14.9. The van der Waals surface area contributed by atoms with E-state index in [0.29, 0.717) is 13.1 Å². The van der Waals surface area contributed by atoms with Crippen LogP contribution in [-0.4, -0.2) is 42.5 Å². The fourth-order valence-electron chi connectivity index (χ4n) is 2.38. The molecule has 2 heterocycles. The molecule has 7 heteroatoms. The van der Waals surface area contributed by atoms with Crippen molar-refractivity contribution in [2.75, 3.05) is 19.7 Å². The molecule has 0 aliphatic carbocycles. The van der Waals surface area contributed by atoms with Crippen molar-refractivity contribution in [1.82, 2.24) is 9.29 Å². The highest BCUT2D eigenvalue weighted by Gasteiger charge is 2.30. The Hall–Kier alpha value is -1.49. The third-order valence-corrected chi connectivity index (χ3v) is 5.38. The molecule has 6 nitrogen and oxygen atoms in total. The Labute approximate surface area is 118 Å². The average molecular weight is 295 g/mol. The highest BCUT2D eigenvalue weighted by molar-refractivity contribution is 7.89. The van der Waals surface area contributed by atoms with E-state index < -0.39 is 10.0 Å². The molecule has 0 saturated carbocycles. The largest absolute Gasteiger partial charge is 0.396 e. The Kier molecular flexibility index (Phi) is 4.70. The van der Waals surface area contributed by atoms with Crippen molar-refractivity contribution in [3.63, 3.8) is 0 Å². The Bertz CT molecular complexity index is 610. The van der Waals surface area contributed by atoms with Crippen LogP contribution in [0, 0.1) is 17.2 Å². The van der Waals surface area contributed by atoms with Gasteiger partial charge in [0.1, 0.15) is 11.0 Å². The van der Waals surface area contributed by atoms with Gasteiger partial charge in [-0.25, -0.2) is 13.4 Å². The maximum Gasteiger partial charge on any atom is 0.245 e. The van der Waals surface area contributed by atoms with Crippen molar-refractivity contribution in [3.05, 3.63) is 24.0 Å². The van der Waals surface area contributed by atoms with Crippen LogP contribution in [0.3, 0.4) is 0 Å². The number of pyridine rings is 1. The number of rotatable bonds is 3. The van der Waals surface area contributed by atoms with Gasteiger partial charge in [-0.2, -0.15) is 9.57 Å². The summed E-state index contributed by atoms with van der Waals surface area (Å²) < 4.78 is 26.6. The van der Waals surface area contributed by atoms with Gasteiger partial charge in [0.15, 0.2) is 5.69 Å². The number of nitriles is 1. The molecule has 1 aliphatic rings. The molecule has 0 bridgehead atoms. The number of sulfonamides is 1. The zero-order valence-corrected chi connectivity index (χ0v) is 11.9. The summed E-state index contributed by atoms with van der Waals surface area (Å²) in [5.41, 5.74) is -0.0858. The van der Waals surface area contributed by atoms with Crippen molar-refractivity contribution in [1.29, 1.82) is 5.26 Å². The van der Waals surface area contributed by atoms with Crippen LogP contribution < -0.4 is 0 Å². The highest BCUT2D eigenvalue weighted by atomic mass is 32.2. The van der Waals surface area contributed by atoms with Gasteiger partial charge in [0.05, 0.1) is 0 Å². The van der Waals surface area contributed by atoms with Crippen molar-refractivity contribution >= 4 is 10.0 Å². The van der Waals surface area contributed by atoms with Crippen LogP contribution >= 0.6 is 0 Å². The van der Waals surface area contributed by atoms with Crippen LogP contribution in [0.2, 0.25) is 0 Å². The van der Waals surface area contributed by atoms with Gasteiger partial charge in [-0.3, -0.25) is 0 Å². The zero-order chi connectivity index (χ0) is 14.6. The second-order valence-electron chi connectivity index (χ2n) is 4.87. The molecule has 0 radical (unpaired) electrons. The fraction of sp³-hybridized carbons (Fsp3) is 0.538. The second kappa shape index (κ2) is 6.31. The van der Waals surface area contributed by atoms with E-state index in [-0.39, 0.29) is 23.1 Å². The monoisotopic (exact) mass is 295 g/mol. The van der Waals surface area contributed by atoms with E-state index in [2.05, 4.69) is 4.98 Å². The van der Waals surface area contributed by atoms with E-state index in [1.807, 2.05) is 6.07 Å². The van der Waals surface area contributed by atoms with E-state index in [1.54, 1.807) is 0 Å². The first-order chi connectivity index (χ1) is 9.59. The topological polar surface area (TPSA) is 94.3 Å². The molecule has 1 N–H and O–H groups in total. The molecule has 1 aliphatic heterocycles. The molecule has 1 unspecified atom stereocenters. The molecule has 0 spiro atoms. The molecule has 1 aromatic heterocycles. The van der Waals surface area contributed by atoms with Crippen molar-refractivity contribution in [2.45, 2.75) is 24.2 Å². The number of aliphatic hydroxyl groups excluding tert-OH is 1.